The first-order chi connectivity index (χ1) is 13.5. The molecule has 3 rings (SSSR count). The predicted octanol–water partition coefficient (Wildman–Crippen LogP) is 0.590. The first kappa shape index (κ1) is 21.5. The number of phenolic OH excluding ortho intramolecular Hbond substituents is 1. The van der Waals surface area contributed by atoms with Crippen LogP contribution in [-0.4, -0.2) is 55.2 Å². The van der Waals surface area contributed by atoms with Gasteiger partial charge in [0.2, 0.25) is 0 Å². The first-order valence-electron chi connectivity index (χ1n) is 8.29. The molecule has 0 atom stereocenters. The van der Waals surface area contributed by atoms with Gasteiger partial charge in [-0.2, -0.15) is 0 Å². The summed E-state index contributed by atoms with van der Waals surface area (Å²) >= 11 is 10.3. The molecule has 5 N–H and O–H groups in total. The number of hydrogen-bond donors (Lipinski definition) is 5. The van der Waals surface area contributed by atoms with E-state index in [0.717, 1.165) is 0 Å². The van der Waals surface area contributed by atoms with Gasteiger partial charge in [-0.05, 0) is 54.8 Å². The lowest BCUT2D eigenvalue weighted by atomic mass is 10.2. The van der Waals surface area contributed by atoms with Crippen LogP contribution >= 0.6 is 24.4 Å². The van der Waals surface area contributed by atoms with Crippen LogP contribution < -0.4 is 21.3 Å². The second-order valence-electron chi connectivity index (χ2n) is 6.46. The summed E-state index contributed by atoms with van der Waals surface area (Å²) in [5, 5.41) is 21.7. The van der Waals surface area contributed by atoms with E-state index in [-0.39, 0.29) is 44.7 Å². The van der Waals surface area contributed by atoms with Crippen molar-refractivity contribution in [3.8, 4) is 5.75 Å². The smallest absolute Gasteiger partial charge is 0.175 e. The van der Waals surface area contributed by atoms with E-state index < -0.39 is 19.7 Å². The number of anilines is 2. The minimum absolute atomic E-state index is 0.0204. The normalized spacial score (nSPS) is 19.0. The molecule has 0 aliphatic carbocycles. The molecule has 0 fully saturated rings. The summed E-state index contributed by atoms with van der Waals surface area (Å²) in [7, 11) is -6.23. The van der Waals surface area contributed by atoms with Crippen LogP contribution in [0.25, 0.3) is 0 Å². The zero-order valence-electron chi connectivity index (χ0n) is 14.9. The van der Waals surface area contributed by atoms with Crippen LogP contribution in [0, 0.1) is 0 Å². The maximum absolute atomic E-state index is 11.5. The summed E-state index contributed by atoms with van der Waals surface area (Å²) < 4.78 is 45.9. The van der Waals surface area contributed by atoms with Crippen molar-refractivity contribution in [3.05, 3.63) is 41.7 Å². The minimum atomic E-state index is -3.13. The maximum atomic E-state index is 11.5. The molecule has 2 aliphatic rings. The van der Waals surface area contributed by atoms with Gasteiger partial charge in [-0.1, -0.05) is 0 Å². The quantitative estimate of drug-likeness (QED) is 0.238. The van der Waals surface area contributed by atoms with E-state index in [0.29, 0.717) is 17.1 Å². The lowest BCUT2D eigenvalue weighted by molar-refractivity contribution is 0.478. The van der Waals surface area contributed by atoms with Crippen molar-refractivity contribution in [2.45, 2.75) is 0 Å². The molecule has 0 saturated heterocycles. The molecule has 0 amide bonds. The van der Waals surface area contributed by atoms with Gasteiger partial charge in [0.05, 0.1) is 28.7 Å². The molecular formula is C16H18N4O5S4. The monoisotopic (exact) mass is 474 g/mol. The Balaban J connectivity index is 1.59. The summed E-state index contributed by atoms with van der Waals surface area (Å²) in [6, 6.07) is 4.56. The molecule has 0 bridgehead atoms. The number of thiocarbonyl (C=S) groups is 2. The lowest BCUT2D eigenvalue weighted by Crippen LogP contribution is -2.30. The Hall–Kier alpha value is -2.22. The van der Waals surface area contributed by atoms with Crippen LogP contribution in [0.5, 0.6) is 5.75 Å². The number of phenols is 1. The summed E-state index contributed by atoms with van der Waals surface area (Å²) in [5.74, 6) is -0.342. The van der Waals surface area contributed by atoms with Crippen molar-refractivity contribution in [1.29, 1.82) is 0 Å². The number of nitrogens with one attached hydrogen (secondary N) is 4. The average Bonchev–Trinajstić information content (AvgIpc) is 3.11. The van der Waals surface area contributed by atoms with Crippen LogP contribution in [0.3, 0.4) is 0 Å². The highest BCUT2D eigenvalue weighted by Gasteiger charge is 2.21. The molecule has 1 aromatic carbocycles. The topological polar surface area (TPSA) is 137 Å². The predicted molar refractivity (Wildman–Crippen MR) is 120 cm³/mol. The number of rotatable bonds is 4. The molecule has 0 saturated carbocycles. The van der Waals surface area contributed by atoms with Gasteiger partial charge < -0.3 is 26.4 Å². The molecule has 0 unspecified atom stereocenters. The number of benzene rings is 1. The van der Waals surface area contributed by atoms with Gasteiger partial charge in [0.25, 0.3) is 0 Å². The van der Waals surface area contributed by atoms with E-state index in [1.165, 1.54) is 6.07 Å². The summed E-state index contributed by atoms with van der Waals surface area (Å²) in [4.78, 5) is 0. The summed E-state index contributed by atoms with van der Waals surface area (Å²) in [6.45, 7) is 0. The van der Waals surface area contributed by atoms with E-state index in [1.807, 2.05) is 0 Å². The average molecular weight is 475 g/mol. The largest absolute Gasteiger partial charge is 0.506 e. The molecule has 1 aromatic rings. The van der Waals surface area contributed by atoms with Gasteiger partial charge in [-0.15, -0.1) is 0 Å². The second-order valence-corrected chi connectivity index (χ2v) is 11.5. The van der Waals surface area contributed by atoms with Gasteiger partial charge in [0, 0.05) is 17.1 Å². The highest BCUT2D eigenvalue weighted by atomic mass is 32.2. The van der Waals surface area contributed by atoms with E-state index in [4.69, 9.17) is 24.4 Å². The fourth-order valence-electron chi connectivity index (χ4n) is 2.66. The Morgan fingerprint density at radius 3 is 1.83 bits per heavy atom. The van der Waals surface area contributed by atoms with Crippen LogP contribution in [0.15, 0.2) is 41.7 Å². The van der Waals surface area contributed by atoms with Gasteiger partial charge in [0.15, 0.2) is 29.9 Å². The van der Waals surface area contributed by atoms with Gasteiger partial charge >= 0.3 is 0 Å². The molecule has 2 heterocycles. The van der Waals surface area contributed by atoms with Crippen molar-refractivity contribution in [3.63, 3.8) is 0 Å². The van der Waals surface area contributed by atoms with Crippen LogP contribution in [0.1, 0.15) is 0 Å². The van der Waals surface area contributed by atoms with E-state index in [1.54, 1.807) is 24.3 Å². The Labute approximate surface area is 179 Å². The Bertz CT molecular complexity index is 1140. The van der Waals surface area contributed by atoms with Crippen molar-refractivity contribution in [2.75, 3.05) is 33.6 Å². The molecule has 0 spiro atoms. The number of sulfone groups is 2. The Kier molecular flexibility index (Phi) is 6.12. The van der Waals surface area contributed by atoms with Crippen LogP contribution in [0.2, 0.25) is 0 Å². The van der Waals surface area contributed by atoms with Crippen molar-refractivity contribution in [1.82, 2.24) is 10.6 Å². The molecular weight excluding hydrogens is 456 g/mol. The standard InChI is InChI=1S/C16H18N4O5S4/c21-14-2-1-10(17-15(26)18-11-3-5-28(22,23)8-11)7-13(14)20-16(27)19-12-4-6-29(24,25)9-12/h1-4,7,21H,5-6,8-9H2,(H2,17,18,26)(H2,19,20,27). The van der Waals surface area contributed by atoms with E-state index in [9.17, 15) is 21.9 Å². The third-order valence-electron chi connectivity index (χ3n) is 3.97. The second kappa shape index (κ2) is 8.26. The Morgan fingerprint density at radius 1 is 0.828 bits per heavy atom. The molecule has 2 aliphatic heterocycles. The molecule has 0 radical (unpaired) electrons. The fourth-order valence-corrected chi connectivity index (χ4v) is 5.62. The summed E-state index contributed by atoms with van der Waals surface area (Å²) in [5.41, 5.74) is 1.78. The minimum Gasteiger partial charge on any atom is -0.506 e. The number of hydrogen-bond acceptors (Lipinski definition) is 7. The van der Waals surface area contributed by atoms with Crippen molar-refractivity contribution in [2.24, 2.45) is 0 Å². The van der Waals surface area contributed by atoms with Gasteiger partial charge in [-0.3, -0.25) is 0 Å². The summed E-state index contributed by atoms with van der Waals surface area (Å²) in [6.07, 6.45) is 3.11. The molecule has 0 aromatic heterocycles. The third kappa shape index (κ3) is 6.13. The molecule has 13 heteroatoms. The van der Waals surface area contributed by atoms with E-state index in [2.05, 4.69) is 21.3 Å². The molecule has 9 nitrogen and oxygen atoms in total. The molecule has 156 valence electrons. The highest BCUT2D eigenvalue weighted by Crippen LogP contribution is 2.27. The first-order valence-corrected chi connectivity index (χ1v) is 12.8. The van der Waals surface area contributed by atoms with Gasteiger partial charge in [-0.25, -0.2) is 16.8 Å². The molecule has 29 heavy (non-hydrogen) atoms. The zero-order valence-corrected chi connectivity index (χ0v) is 18.2. The maximum Gasteiger partial charge on any atom is 0.175 e. The fraction of sp³-hybridized carbons (Fsp3) is 0.250. The third-order valence-corrected chi connectivity index (χ3v) is 7.23. The van der Waals surface area contributed by atoms with Crippen molar-refractivity contribution < 1.29 is 21.9 Å². The highest BCUT2D eigenvalue weighted by molar-refractivity contribution is 7.92. The van der Waals surface area contributed by atoms with E-state index >= 15 is 0 Å². The van der Waals surface area contributed by atoms with Crippen LogP contribution in [-0.2, 0) is 19.7 Å². The Morgan fingerprint density at radius 2 is 1.34 bits per heavy atom. The van der Waals surface area contributed by atoms with Crippen molar-refractivity contribution >= 4 is 65.7 Å². The van der Waals surface area contributed by atoms with Crippen LogP contribution in [0.4, 0.5) is 11.4 Å². The number of aromatic hydroxyl groups is 1. The SMILES string of the molecule is O=S1(=O)CC=C(NC(=S)Nc2ccc(O)c(NC(=S)NC3=CCS(=O)(=O)C3)c2)C1. The van der Waals surface area contributed by atoms with Gasteiger partial charge in [0.1, 0.15) is 5.75 Å². The zero-order chi connectivity index (χ0) is 21.2. The lowest BCUT2D eigenvalue weighted by Gasteiger charge is -2.15.